The van der Waals surface area contributed by atoms with E-state index in [0.29, 0.717) is 17.6 Å². The highest BCUT2D eigenvalue weighted by atomic mass is 35.5. The zero-order chi connectivity index (χ0) is 11.4. The van der Waals surface area contributed by atoms with Crippen LogP contribution in [0.15, 0.2) is 0 Å². The Balaban J connectivity index is 0.00000225. The van der Waals surface area contributed by atoms with Gasteiger partial charge in [0, 0.05) is 18.4 Å². The second-order valence-corrected chi connectivity index (χ2v) is 4.74. The minimum Gasteiger partial charge on any atom is -0.330 e. The maximum absolute atomic E-state index is 11.5. The first-order valence-corrected chi connectivity index (χ1v) is 5.70. The van der Waals surface area contributed by atoms with Crippen LogP contribution in [0.4, 0.5) is 5.13 Å². The molecule has 0 spiro atoms. The van der Waals surface area contributed by atoms with Gasteiger partial charge in [-0.1, -0.05) is 32.1 Å². The molecule has 0 fully saturated rings. The molecule has 16 heavy (non-hydrogen) atoms. The minimum atomic E-state index is -0.198. The Morgan fingerprint density at radius 2 is 2.06 bits per heavy atom. The van der Waals surface area contributed by atoms with Gasteiger partial charge in [0.25, 0.3) is 0 Å². The Labute approximate surface area is 105 Å². The summed E-state index contributed by atoms with van der Waals surface area (Å²) in [4.78, 5) is 11.5. The van der Waals surface area contributed by atoms with Gasteiger partial charge in [-0.15, -0.1) is 22.6 Å². The summed E-state index contributed by atoms with van der Waals surface area (Å²) in [5.74, 6) is 0.0282. The Bertz CT molecular complexity index is 342. The molecule has 0 aliphatic rings. The number of aromatic nitrogens is 2. The maximum atomic E-state index is 11.5. The van der Waals surface area contributed by atoms with E-state index in [-0.39, 0.29) is 24.2 Å². The predicted molar refractivity (Wildman–Crippen MR) is 68.1 cm³/mol. The zero-order valence-corrected chi connectivity index (χ0v) is 11.2. The van der Waals surface area contributed by atoms with Gasteiger partial charge < -0.3 is 11.1 Å². The van der Waals surface area contributed by atoms with E-state index < -0.39 is 0 Å². The molecule has 1 atom stereocenters. The van der Waals surface area contributed by atoms with E-state index in [2.05, 4.69) is 15.5 Å². The molecule has 1 amide bonds. The molecule has 0 saturated heterocycles. The van der Waals surface area contributed by atoms with Crippen LogP contribution in [0.5, 0.6) is 0 Å². The van der Waals surface area contributed by atoms with Crippen molar-refractivity contribution in [2.45, 2.75) is 26.7 Å². The van der Waals surface area contributed by atoms with Crippen molar-refractivity contribution in [3.63, 3.8) is 0 Å². The number of nitrogens with one attached hydrogen (secondary N) is 1. The average molecular weight is 265 g/mol. The van der Waals surface area contributed by atoms with Crippen LogP contribution in [0.3, 0.4) is 0 Å². The highest BCUT2D eigenvalue weighted by molar-refractivity contribution is 7.15. The summed E-state index contributed by atoms with van der Waals surface area (Å²) in [5, 5.41) is 12.0. The van der Waals surface area contributed by atoms with Gasteiger partial charge in [0.1, 0.15) is 5.01 Å². The van der Waals surface area contributed by atoms with Crippen molar-refractivity contribution in [1.29, 1.82) is 0 Å². The van der Waals surface area contributed by atoms with Crippen molar-refractivity contribution in [1.82, 2.24) is 10.2 Å². The lowest BCUT2D eigenvalue weighted by molar-refractivity contribution is -0.119. The van der Waals surface area contributed by atoms with E-state index in [1.165, 1.54) is 11.3 Å². The second-order valence-electron chi connectivity index (χ2n) is 3.73. The molecule has 1 rings (SSSR count). The molecule has 1 unspecified atom stereocenters. The Morgan fingerprint density at radius 1 is 1.44 bits per heavy atom. The third kappa shape index (κ3) is 4.03. The largest absolute Gasteiger partial charge is 0.330 e. The molecule has 0 saturated carbocycles. The first kappa shape index (κ1) is 15.3. The normalized spacial score (nSPS) is 12.1. The number of nitrogens with zero attached hydrogens (tertiary/aromatic N) is 2. The molecule has 7 heteroatoms. The van der Waals surface area contributed by atoms with Crippen LogP contribution in [-0.2, 0) is 4.79 Å². The van der Waals surface area contributed by atoms with Gasteiger partial charge in [0.15, 0.2) is 0 Å². The maximum Gasteiger partial charge on any atom is 0.230 e. The number of hydrogen-bond acceptors (Lipinski definition) is 5. The number of nitrogens with two attached hydrogens (primary N) is 1. The number of hydrogen-bond donors (Lipinski definition) is 2. The van der Waals surface area contributed by atoms with Gasteiger partial charge in [-0.2, -0.15) is 0 Å². The summed E-state index contributed by atoms with van der Waals surface area (Å²) in [7, 11) is 0. The molecular formula is C9H17ClN4OS. The summed E-state index contributed by atoms with van der Waals surface area (Å²) in [6, 6.07) is 0. The van der Waals surface area contributed by atoms with Gasteiger partial charge in [-0.3, -0.25) is 4.79 Å². The number of carbonyl (C=O) groups is 1. The van der Waals surface area contributed by atoms with E-state index in [0.717, 1.165) is 5.01 Å². The van der Waals surface area contributed by atoms with E-state index in [1.54, 1.807) is 6.92 Å². The molecule has 0 aliphatic heterocycles. The van der Waals surface area contributed by atoms with Gasteiger partial charge in [-0.25, -0.2) is 0 Å². The van der Waals surface area contributed by atoms with Crippen LogP contribution in [0, 0.1) is 5.92 Å². The average Bonchev–Trinajstić information content (AvgIpc) is 2.65. The van der Waals surface area contributed by atoms with Crippen molar-refractivity contribution in [2.24, 2.45) is 11.7 Å². The number of anilines is 1. The molecule has 0 aromatic carbocycles. The highest BCUT2D eigenvalue weighted by Crippen LogP contribution is 2.22. The van der Waals surface area contributed by atoms with Crippen molar-refractivity contribution in [2.75, 3.05) is 11.9 Å². The first-order valence-electron chi connectivity index (χ1n) is 4.89. The molecule has 0 aliphatic carbocycles. The van der Waals surface area contributed by atoms with Crippen LogP contribution in [0.25, 0.3) is 0 Å². The predicted octanol–water partition coefficient (Wildman–Crippen LogP) is 1.62. The van der Waals surface area contributed by atoms with Crippen LogP contribution < -0.4 is 11.1 Å². The summed E-state index contributed by atoms with van der Waals surface area (Å²) >= 11 is 1.40. The van der Waals surface area contributed by atoms with E-state index in [9.17, 15) is 4.79 Å². The summed E-state index contributed by atoms with van der Waals surface area (Å²) in [5.41, 5.74) is 5.39. The van der Waals surface area contributed by atoms with Gasteiger partial charge in [-0.05, 0) is 0 Å². The fourth-order valence-electron chi connectivity index (χ4n) is 0.854. The number of amides is 1. The molecule has 0 bridgehead atoms. The fraction of sp³-hybridized carbons (Fsp3) is 0.667. The van der Waals surface area contributed by atoms with Crippen LogP contribution in [0.2, 0.25) is 0 Å². The minimum absolute atomic E-state index is 0. The SMILES string of the molecule is CC(CN)C(=O)Nc1nnc(C(C)C)s1.Cl. The molecule has 0 radical (unpaired) electrons. The van der Waals surface area contributed by atoms with E-state index in [1.807, 2.05) is 13.8 Å². The number of rotatable bonds is 4. The molecule has 1 aromatic heterocycles. The highest BCUT2D eigenvalue weighted by Gasteiger charge is 2.14. The molecule has 3 N–H and O–H groups in total. The second kappa shape index (κ2) is 6.78. The van der Waals surface area contributed by atoms with Crippen molar-refractivity contribution in [3.8, 4) is 0 Å². The summed E-state index contributed by atoms with van der Waals surface area (Å²) in [6.45, 7) is 6.19. The third-order valence-electron chi connectivity index (χ3n) is 1.97. The summed E-state index contributed by atoms with van der Waals surface area (Å²) < 4.78 is 0. The Morgan fingerprint density at radius 3 is 2.50 bits per heavy atom. The molecule has 1 heterocycles. The molecular weight excluding hydrogens is 248 g/mol. The van der Waals surface area contributed by atoms with Crippen molar-refractivity contribution in [3.05, 3.63) is 5.01 Å². The first-order chi connectivity index (χ1) is 7.04. The van der Waals surface area contributed by atoms with Gasteiger partial charge in [0.2, 0.25) is 11.0 Å². The third-order valence-corrected chi connectivity index (χ3v) is 3.11. The van der Waals surface area contributed by atoms with Crippen LogP contribution in [0.1, 0.15) is 31.7 Å². The van der Waals surface area contributed by atoms with Crippen molar-refractivity contribution >= 4 is 34.8 Å². The standard InChI is InChI=1S/C9H16N4OS.ClH/c1-5(2)8-12-13-9(15-8)11-7(14)6(3)4-10;/h5-6H,4,10H2,1-3H3,(H,11,13,14);1H. The molecule has 92 valence electrons. The number of halogens is 1. The Kier molecular flexibility index (Phi) is 6.47. The number of carbonyl (C=O) groups excluding carboxylic acids is 1. The molecule has 1 aromatic rings. The zero-order valence-electron chi connectivity index (χ0n) is 9.56. The monoisotopic (exact) mass is 264 g/mol. The van der Waals surface area contributed by atoms with Gasteiger partial charge in [0.05, 0.1) is 0 Å². The molecule has 5 nitrogen and oxygen atoms in total. The smallest absolute Gasteiger partial charge is 0.230 e. The van der Waals surface area contributed by atoms with Crippen LogP contribution in [-0.4, -0.2) is 22.6 Å². The Hall–Kier alpha value is -0.720. The quantitative estimate of drug-likeness (QED) is 0.866. The van der Waals surface area contributed by atoms with E-state index in [4.69, 9.17) is 5.73 Å². The van der Waals surface area contributed by atoms with Crippen molar-refractivity contribution < 1.29 is 4.79 Å². The lowest BCUT2D eigenvalue weighted by atomic mass is 10.2. The topological polar surface area (TPSA) is 80.9 Å². The summed E-state index contributed by atoms with van der Waals surface area (Å²) in [6.07, 6.45) is 0. The lowest BCUT2D eigenvalue weighted by Gasteiger charge is -2.06. The van der Waals surface area contributed by atoms with E-state index >= 15 is 0 Å². The fourth-order valence-corrected chi connectivity index (χ4v) is 1.60. The van der Waals surface area contributed by atoms with Gasteiger partial charge >= 0.3 is 0 Å². The van der Waals surface area contributed by atoms with Crippen LogP contribution >= 0.6 is 23.7 Å². The lowest BCUT2D eigenvalue weighted by Crippen LogP contribution is -2.26.